The molecule has 0 aliphatic rings. The summed E-state index contributed by atoms with van der Waals surface area (Å²) >= 11 is 0. The van der Waals surface area contributed by atoms with E-state index in [1.807, 2.05) is 0 Å². The minimum atomic E-state index is -0.730. The van der Waals surface area contributed by atoms with Crippen molar-refractivity contribution in [3.63, 3.8) is 0 Å². The zero-order chi connectivity index (χ0) is 15.2. The van der Waals surface area contributed by atoms with Gasteiger partial charge in [0.2, 0.25) is 0 Å². The van der Waals surface area contributed by atoms with Gasteiger partial charge >= 0.3 is 5.97 Å². The van der Waals surface area contributed by atoms with Crippen molar-refractivity contribution in [1.29, 1.82) is 0 Å². The second-order valence-corrected chi connectivity index (χ2v) is 5.68. The van der Waals surface area contributed by atoms with Gasteiger partial charge in [0, 0.05) is 6.42 Å². The summed E-state index contributed by atoms with van der Waals surface area (Å²) in [6, 6.07) is 0. The van der Waals surface area contributed by atoms with Crippen LogP contribution < -0.4 is 0 Å². The van der Waals surface area contributed by atoms with E-state index in [1.165, 1.54) is 12.8 Å². The molecule has 0 aromatic carbocycles. The Morgan fingerprint density at radius 3 is 1.75 bits per heavy atom. The average Bonchev–Trinajstić information content (AvgIpc) is 2.41. The van der Waals surface area contributed by atoms with Gasteiger partial charge in [-0.15, -0.1) is 0 Å². The Bertz CT molecular complexity index is 231. The van der Waals surface area contributed by atoms with Gasteiger partial charge in [0.15, 0.2) is 0 Å². The number of carboxylic acids is 1. The smallest absolute Gasteiger partial charge is 0.303 e. The highest BCUT2D eigenvalue weighted by Gasteiger charge is 2.14. The monoisotopic (exact) mass is 288 g/mol. The Kier molecular flexibility index (Phi) is 13.0. The highest BCUT2D eigenvalue weighted by atomic mass is 16.4. The van der Waals surface area contributed by atoms with E-state index < -0.39 is 18.2 Å². The molecule has 20 heavy (non-hydrogen) atoms. The van der Waals surface area contributed by atoms with Crippen LogP contribution >= 0.6 is 0 Å². The molecule has 4 heteroatoms. The Morgan fingerprint density at radius 1 is 0.800 bits per heavy atom. The average molecular weight is 288 g/mol. The number of carbonyl (C=O) groups is 1. The van der Waals surface area contributed by atoms with E-state index in [1.54, 1.807) is 0 Å². The van der Waals surface area contributed by atoms with Gasteiger partial charge in [-0.3, -0.25) is 4.79 Å². The Labute approximate surface area is 123 Å². The standard InChI is InChI=1S/C16H32O4/c1-2-3-4-8-11-14(17)15(18)12-9-6-5-7-10-13-16(19)20/h14-15,17-18H,2-13H2,1H3,(H,19,20)/t14-,15-/m1/s1. The summed E-state index contributed by atoms with van der Waals surface area (Å²) in [6.07, 6.45) is 9.47. The minimum absolute atomic E-state index is 0.249. The first-order valence-electron chi connectivity index (χ1n) is 8.15. The van der Waals surface area contributed by atoms with E-state index in [0.29, 0.717) is 12.8 Å². The van der Waals surface area contributed by atoms with Crippen molar-refractivity contribution >= 4 is 5.97 Å². The quantitative estimate of drug-likeness (QED) is 0.428. The molecule has 2 atom stereocenters. The maximum absolute atomic E-state index is 10.3. The molecule has 0 aromatic heterocycles. The lowest BCUT2D eigenvalue weighted by Crippen LogP contribution is -2.25. The third kappa shape index (κ3) is 12.4. The predicted octanol–water partition coefficient (Wildman–Crippen LogP) is 3.49. The molecule has 0 rings (SSSR count). The first kappa shape index (κ1) is 19.4. The van der Waals surface area contributed by atoms with E-state index in [-0.39, 0.29) is 6.42 Å². The lowest BCUT2D eigenvalue weighted by molar-refractivity contribution is -0.137. The second-order valence-electron chi connectivity index (χ2n) is 5.68. The van der Waals surface area contributed by atoms with E-state index >= 15 is 0 Å². The van der Waals surface area contributed by atoms with Crippen molar-refractivity contribution in [3.8, 4) is 0 Å². The largest absolute Gasteiger partial charge is 0.481 e. The van der Waals surface area contributed by atoms with Gasteiger partial charge < -0.3 is 15.3 Å². The van der Waals surface area contributed by atoms with Gasteiger partial charge in [-0.2, -0.15) is 0 Å². The van der Waals surface area contributed by atoms with Gasteiger partial charge in [-0.05, 0) is 19.3 Å². The van der Waals surface area contributed by atoms with Crippen LogP contribution in [0.3, 0.4) is 0 Å². The fraction of sp³-hybridized carbons (Fsp3) is 0.938. The highest BCUT2D eigenvalue weighted by molar-refractivity contribution is 5.66. The molecule has 0 aliphatic heterocycles. The zero-order valence-electron chi connectivity index (χ0n) is 12.9. The summed E-state index contributed by atoms with van der Waals surface area (Å²) in [7, 11) is 0. The van der Waals surface area contributed by atoms with E-state index in [9.17, 15) is 15.0 Å². The SMILES string of the molecule is CCCCCC[C@@H](O)[C@H](O)CCCCCCCC(=O)O. The molecular formula is C16H32O4. The molecule has 0 fully saturated rings. The Hall–Kier alpha value is -0.610. The van der Waals surface area contributed by atoms with Gasteiger partial charge in [-0.25, -0.2) is 0 Å². The van der Waals surface area contributed by atoms with Gasteiger partial charge in [0.05, 0.1) is 12.2 Å². The van der Waals surface area contributed by atoms with Gasteiger partial charge in [-0.1, -0.05) is 58.3 Å². The third-order valence-electron chi connectivity index (χ3n) is 3.69. The molecule has 0 saturated heterocycles. The topological polar surface area (TPSA) is 77.8 Å². The molecule has 0 aliphatic carbocycles. The minimum Gasteiger partial charge on any atom is -0.481 e. The van der Waals surface area contributed by atoms with Crippen LogP contribution in [-0.2, 0) is 4.79 Å². The van der Waals surface area contributed by atoms with Crippen molar-refractivity contribution in [2.75, 3.05) is 0 Å². The van der Waals surface area contributed by atoms with E-state index in [4.69, 9.17) is 5.11 Å². The normalized spacial score (nSPS) is 14.2. The van der Waals surface area contributed by atoms with Crippen LogP contribution in [0.15, 0.2) is 0 Å². The molecule has 0 radical (unpaired) electrons. The van der Waals surface area contributed by atoms with Gasteiger partial charge in [0.1, 0.15) is 0 Å². The van der Waals surface area contributed by atoms with Crippen LogP contribution in [0.1, 0.15) is 84.0 Å². The summed E-state index contributed by atoms with van der Waals surface area (Å²) in [6.45, 7) is 2.15. The van der Waals surface area contributed by atoms with Crippen molar-refractivity contribution in [1.82, 2.24) is 0 Å². The number of carboxylic acid groups (broad SMARTS) is 1. The Balaban J connectivity index is 3.38. The lowest BCUT2D eigenvalue weighted by atomic mass is 10.00. The first-order valence-corrected chi connectivity index (χ1v) is 8.15. The molecule has 0 unspecified atom stereocenters. The van der Waals surface area contributed by atoms with E-state index in [0.717, 1.165) is 44.9 Å². The van der Waals surface area contributed by atoms with Crippen molar-refractivity contribution in [2.45, 2.75) is 96.2 Å². The molecule has 4 nitrogen and oxygen atoms in total. The molecule has 0 heterocycles. The molecule has 3 N–H and O–H groups in total. The highest BCUT2D eigenvalue weighted by Crippen LogP contribution is 2.14. The number of aliphatic hydroxyl groups excluding tert-OH is 2. The van der Waals surface area contributed by atoms with Crippen LogP contribution in [0, 0.1) is 0 Å². The predicted molar refractivity (Wildman–Crippen MR) is 80.7 cm³/mol. The van der Waals surface area contributed by atoms with E-state index in [2.05, 4.69) is 6.92 Å². The Morgan fingerprint density at radius 2 is 1.25 bits per heavy atom. The van der Waals surface area contributed by atoms with Crippen LogP contribution in [0.2, 0.25) is 0 Å². The number of aliphatic hydroxyl groups is 2. The first-order chi connectivity index (χ1) is 9.57. The summed E-state index contributed by atoms with van der Waals surface area (Å²) in [5.74, 6) is -0.730. The van der Waals surface area contributed by atoms with Crippen LogP contribution in [0.5, 0.6) is 0 Å². The number of aliphatic carboxylic acids is 1. The molecule has 0 amide bonds. The zero-order valence-corrected chi connectivity index (χ0v) is 12.9. The van der Waals surface area contributed by atoms with Crippen LogP contribution in [-0.4, -0.2) is 33.5 Å². The third-order valence-corrected chi connectivity index (χ3v) is 3.69. The number of hydrogen-bond donors (Lipinski definition) is 3. The molecule has 120 valence electrons. The lowest BCUT2D eigenvalue weighted by Gasteiger charge is -2.17. The van der Waals surface area contributed by atoms with Gasteiger partial charge in [0.25, 0.3) is 0 Å². The summed E-state index contributed by atoms with van der Waals surface area (Å²) in [5, 5.41) is 28.1. The molecule has 0 bridgehead atoms. The number of rotatable bonds is 14. The van der Waals surface area contributed by atoms with Crippen molar-refractivity contribution in [2.24, 2.45) is 0 Å². The maximum Gasteiger partial charge on any atom is 0.303 e. The number of hydrogen-bond acceptors (Lipinski definition) is 3. The number of unbranched alkanes of at least 4 members (excludes halogenated alkanes) is 7. The summed E-state index contributed by atoms with van der Waals surface area (Å²) < 4.78 is 0. The van der Waals surface area contributed by atoms with Crippen molar-refractivity contribution < 1.29 is 20.1 Å². The van der Waals surface area contributed by atoms with Crippen LogP contribution in [0.25, 0.3) is 0 Å². The second kappa shape index (κ2) is 13.4. The fourth-order valence-corrected chi connectivity index (χ4v) is 2.33. The van der Waals surface area contributed by atoms with Crippen molar-refractivity contribution in [3.05, 3.63) is 0 Å². The molecule has 0 spiro atoms. The van der Waals surface area contributed by atoms with Crippen LogP contribution in [0.4, 0.5) is 0 Å². The summed E-state index contributed by atoms with van der Waals surface area (Å²) in [4.78, 5) is 10.3. The maximum atomic E-state index is 10.3. The molecule has 0 saturated carbocycles. The fourth-order valence-electron chi connectivity index (χ4n) is 2.33. The summed E-state index contributed by atoms with van der Waals surface area (Å²) in [5.41, 5.74) is 0. The molecule has 0 aromatic rings. The molecular weight excluding hydrogens is 256 g/mol.